The first-order valence-corrected chi connectivity index (χ1v) is 9.47. The average molecular weight is 403 g/mol. The summed E-state index contributed by atoms with van der Waals surface area (Å²) in [5.41, 5.74) is 6.34. The molecule has 6 nitrogen and oxygen atoms in total. The van der Waals surface area contributed by atoms with Crippen LogP contribution in [0.25, 0.3) is 0 Å². The largest absolute Gasteiger partial charge is 0.493 e. The highest BCUT2D eigenvalue weighted by Gasteiger charge is 2.44. The molecule has 1 saturated carbocycles. The van der Waals surface area contributed by atoms with Gasteiger partial charge in [-0.1, -0.05) is 23.7 Å². The summed E-state index contributed by atoms with van der Waals surface area (Å²) >= 11 is 6.00. The van der Waals surface area contributed by atoms with Crippen molar-refractivity contribution in [3.63, 3.8) is 0 Å². The molecule has 2 amide bonds. The van der Waals surface area contributed by atoms with Gasteiger partial charge in [0.25, 0.3) is 5.91 Å². The Kier molecular flexibility index (Phi) is 6.09. The summed E-state index contributed by atoms with van der Waals surface area (Å²) in [6.07, 6.45) is 0.718. The van der Waals surface area contributed by atoms with E-state index in [2.05, 4.69) is 10.9 Å². The summed E-state index contributed by atoms with van der Waals surface area (Å²) in [5, 5.41) is 0.649. The molecule has 7 heteroatoms. The molecular weight excluding hydrogens is 380 g/mol. The normalized spacial score (nSPS) is 17.8. The van der Waals surface area contributed by atoms with E-state index < -0.39 is 5.91 Å². The van der Waals surface area contributed by atoms with Gasteiger partial charge in [0.05, 0.1) is 13.2 Å². The van der Waals surface area contributed by atoms with Gasteiger partial charge in [-0.3, -0.25) is 20.4 Å². The Morgan fingerprint density at radius 3 is 2.57 bits per heavy atom. The molecule has 0 saturated heterocycles. The standard InChI is InChI=1S/C21H23ClN2O4/c1-12(2)28-18-8-7-14(10-19(18)27-3)20(25)23-24-21(26)17-11-16(17)13-5-4-6-15(22)9-13/h4-10,12,16-17H,11H2,1-3H3,(H,23,25)(H,24,26). The summed E-state index contributed by atoms with van der Waals surface area (Å²) < 4.78 is 10.9. The second-order valence-corrected chi connectivity index (χ2v) is 7.42. The number of hydrazine groups is 1. The number of ether oxygens (including phenoxy) is 2. The smallest absolute Gasteiger partial charge is 0.269 e. The lowest BCUT2D eigenvalue weighted by Gasteiger charge is -2.14. The number of methoxy groups -OCH3 is 1. The van der Waals surface area contributed by atoms with Crippen LogP contribution in [0, 0.1) is 5.92 Å². The predicted octanol–water partition coefficient (Wildman–Crippen LogP) is 3.70. The maximum atomic E-state index is 12.4. The van der Waals surface area contributed by atoms with E-state index in [0.717, 1.165) is 12.0 Å². The third-order valence-electron chi connectivity index (χ3n) is 4.49. The van der Waals surface area contributed by atoms with Crippen molar-refractivity contribution in [2.45, 2.75) is 32.3 Å². The third-order valence-corrected chi connectivity index (χ3v) is 4.73. The van der Waals surface area contributed by atoms with Gasteiger partial charge < -0.3 is 9.47 Å². The molecule has 3 rings (SSSR count). The topological polar surface area (TPSA) is 76.7 Å². The number of benzene rings is 2. The van der Waals surface area contributed by atoms with Gasteiger partial charge in [0.15, 0.2) is 11.5 Å². The van der Waals surface area contributed by atoms with Crippen LogP contribution >= 0.6 is 11.6 Å². The molecule has 1 aliphatic rings. The summed E-state index contributed by atoms with van der Waals surface area (Å²) in [4.78, 5) is 24.7. The molecule has 0 heterocycles. The maximum Gasteiger partial charge on any atom is 0.269 e. The highest BCUT2D eigenvalue weighted by molar-refractivity contribution is 6.30. The number of hydrogen-bond acceptors (Lipinski definition) is 4. The van der Waals surface area contributed by atoms with Crippen LogP contribution in [0.1, 0.15) is 42.1 Å². The molecule has 2 N–H and O–H groups in total. The molecule has 1 fully saturated rings. The summed E-state index contributed by atoms with van der Waals surface area (Å²) in [5.74, 6) is 0.322. The molecule has 2 aromatic rings. The average Bonchev–Trinajstić information content (AvgIpc) is 3.46. The van der Waals surface area contributed by atoms with E-state index in [1.165, 1.54) is 7.11 Å². The van der Waals surface area contributed by atoms with Crippen LogP contribution in [0.5, 0.6) is 11.5 Å². The van der Waals surface area contributed by atoms with Crippen molar-refractivity contribution in [2.24, 2.45) is 5.92 Å². The summed E-state index contributed by atoms with van der Waals surface area (Å²) in [6.45, 7) is 3.81. The number of nitrogens with one attached hydrogen (secondary N) is 2. The molecule has 0 aliphatic heterocycles. The molecule has 148 valence electrons. The van der Waals surface area contributed by atoms with Crippen LogP contribution in [-0.4, -0.2) is 25.0 Å². The van der Waals surface area contributed by atoms with Crippen molar-refractivity contribution in [3.8, 4) is 11.5 Å². The van der Waals surface area contributed by atoms with E-state index in [1.807, 2.05) is 32.0 Å². The van der Waals surface area contributed by atoms with Crippen molar-refractivity contribution in [3.05, 3.63) is 58.6 Å². The number of halogens is 1. The second kappa shape index (κ2) is 8.52. The monoisotopic (exact) mass is 402 g/mol. The van der Waals surface area contributed by atoms with Crippen molar-refractivity contribution in [1.82, 2.24) is 10.9 Å². The van der Waals surface area contributed by atoms with Gasteiger partial charge in [0, 0.05) is 16.5 Å². The fourth-order valence-corrected chi connectivity index (χ4v) is 3.23. The number of hydrogen-bond donors (Lipinski definition) is 2. The molecule has 2 aromatic carbocycles. The van der Waals surface area contributed by atoms with E-state index in [1.54, 1.807) is 24.3 Å². The number of rotatable bonds is 6. The van der Waals surface area contributed by atoms with Crippen LogP contribution in [0.3, 0.4) is 0 Å². The molecule has 0 bridgehead atoms. The SMILES string of the molecule is COc1cc(C(=O)NNC(=O)C2CC2c2cccc(Cl)c2)ccc1OC(C)C. The lowest BCUT2D eigenvalue weighted by molar-refractivity contribution is -0.123. The Labute approximate surface area is 169 Å². The molecular formula is C21H23ClN2O4. The zero-order valence-electron chi connectivity index (χ0n) is 16.0. The molecule has 28 heavy (non-hydrogen) atoms. The maximum absolute atomic E-state index is 12.4. The quantitative estimate of drug-likeness (QED) is 0.722. The van der Waals surface area contributed by atoms with E-state index in [4.69, 9.17) is 21.1 Å². The van der Waals surface area contributed by atoms with Crippen LogP contribution in [0.4, 0.5) is 0 Å². The Hall–Kier alpha value is -2.73. The predicted molar refractivity (Wildman–Crippen MR) is 107 cm³/mol. The fourth-order valence-electron chi connectivity index (χ4n) is 3.03. The first-order valence-electron chi connectivity index (χ1n) is 9.09. The fraction of sp³-hybridized carbons (Fsp3) is 0.333. The molecule has 0 spiro atoms. The van der Waals surface area contributed by atoms with Crippen molar-refractivity contribution in [1.29, 1.82) is 0 Å². The summed E-state index contributed by atoms with van der Waals surface area (Å²) in [7, 11) is 1.51. The summed E-state index contributed by atoms with van der Waals surface area (Å²) in [6, 6.07) is 12.4. The van der Waals surface area contributed by atoms with Gasteiger partial charge in [-0.15, -0.1) is 0 Å². The minimum absolute atomic E-state index is 0.0150. The van der Waals surface area contributed by atoms with E-state index in [0.29, 0.717) is 22.1 Å². The van der Waals surface area contributed by atoms with E-state index in [-0.39, 0.29) is 23.8 Å². The number of carbonyl (C=O) groups excluding carboxylic acids is 2. The van der Waals surface area contributed by atoms with Crippen LogP contribution in [0.2, 0.25) is 5.02 Å². The Morgan fingerprint density at radius 2 is 1.89 bits per heavy atom. The highest BCUT2D eigenvalue weighted by atomic mass is 35.5. The van der Waals surface area contributed by atoms with Crippen molar-refractivity contribution in [2.75, 3.05) is 7.11 Å². The van der Waals surface area contributed by atoms with Crippen LogP contribution in [-0.2, 0) is 4.79 Å². The van der Waals surface area contributed by atoms with E-state index >= 15 is 0 Å². The highest BCUT2D eigenvalue weighted by Crippen LogP contribution is 2.47. The van der Waals surface area contributed by atoms with Gasteiger partial charge in [-0.25, -0.2) is 0 Å². The molecule has 0 radical (unpaired) electrons. The number of carbonyl (C=O) groups is 2. The molecule has 0 aromatic heterocycles. The minimum Gasteiger partial charge on any atom is -0.493 e. The van der Waals surface area contributed by atoms with Gasteiger partial charge in [0.2, 0.25) is 5.91 Å². The molecule has 1 aliphatic carbocycles. The first kappa shape index (κ1) is 20.0. The lowest BCUT2D eigenvalue weighted by Crippen LogP contribution is -2.42. The van der Waals surface area contributed by atoms with Crippen LogP contribution < -0.4 is 20.3 Å². The van der Waals surface area contributed by atoms with Crippen molar-refractivity contribution >= 4 is 23.4 Å². The first-order chi connectivity index (χ1) is 13.4. The minimum atomic E-state index is -0.428. The zero-order chi connectivity index (χ0) is 20.3. The van der Waals surface area contributed by atoms with Gasteiger partial charge >= 0.3 is 0 Å². The van der Waals surface area contributed by atoms with E-state index in [9.17, 15) is 9.59 Å². The Morgan fingerprint density at radius 1 is 1.11 bits per heavy atom. The van der Waals surface area contributed by atoms with Gasteiger partial charge in [-0.2, -0.15) is 0 Å². The molecule has 2 atom stereocenters. The molecule has 2 unspecified atom stereocenters. The zero-order valence-corrected chi connectivity index (χ0v) is 16.7. The lowest BCUT2D eigenvalue weighted by atomic mass is 10.1. The Balaban J connectivity index is 1.56. The number of amides is 2. The van der Waals surface area contributed by atoms with Gasteiger partial charge in [0.1, 0.15) is 0 Å². The van der Waals surface area contributed by atoms with Crippen molar-refractivity contribution < 1.29 is 19.1 Å². The van der Waals surface area contributed by atoms with Crippen LogP contribution in [0.15, 0.2) is 42.5 Å². The second-order valence-electron chi connectivity index (χ2n) is 6.98. The van der Waals surface area contributed by atoms with Gasteiger partial charge in [-0.05, 0) is 62.1 Å². The Bertz CT molecular complexity index is 884. The third kappa shape index (κ3) is 4.75.